The topological polar surface area (TPSA) is 51.2 Å². The molecule has 271 valence electrons. The van der Waals surface area contributed by atoms with Crippen LogP contribution >= 0.6 is 0 Å². The molecule has 0 N–H and O–H groups in total. The van der Waals surface area contributed by atoms with Gasteiger partial charge in [0.2, 0.25) is 0 Å². The Bertz CT molecular complexity index is 2100. The molecule has 0 aliphatic carbocycles. The molecule has 0 heterocycles. The van der Waals surface area contributed by atoms with Gasteiger partial charge in [0, 0.05) is 0 Å². The van der Waals surface area contributed by atoms with Crippen LogP contribution in [0, 0.1) is 0 Å². The summed E-state index contributed by atoms with van der Waals surface area (Å²) >= 11 is -2.91. The molecular weight excluding hydrogens is 767 g/mol. The van der Waals surface area contributed by atoms with E-state index in [-0.39, 0.29) is 17.3 Å². The molecule has 0 fully saturated rings. The van der Waals surface area contributed by atoms with Gasteiger partial charge in [-0.25, -0.2) is 0 Å². The summed E-state index contributed by atoms with van der Waals surface area (Å²) in [5.74, 6) is -0.857. The van der Waals surface area contributed by atoms with E-state index in [2.05, 4.69) is 0 Å². The van der Waals surface area contributed by atoms with E-state index in [4.69, 9.17) is 0 Å². The Kier molecular flexibility index (Phi) is 13.9. The van der Waals surface area contributed by atoms with E-state index < -0.39 is 16.8 Å². The Morgan fingerprint density at radius 2 is 0.491 bits per heavy atom. The zero-order chi connectivity index (χ0) is 38.1. The molecule has 0 amide bonds. The average Bonchev–Trinajstić information content (AvgIpc) is 3.25. The summed E-state index contributed by atoms with van der Waals surface area (Å²) in [5.41, 5.74) is 4.91. The summed E-state index contributed by atoms with van der Waals surface area (Å²) in [6.45, 7) is 0. The molecule has 4 heteroatoms. The van der Waals surface area contributed by atoms with E-state index in [1.54, 1.807) is 36.5 Å². The average molecular weight is 806 g/mol. The van der Waals surface area contributed by atoms with E-state index in [9.17, 15) is 14.4 Å². The van der Waals surface area contributed by atoms with Crippen molar-refractivity contribution in [1.82, 2.24) is 0 Å². The van der Waals surface area contributed by atoms with Crippen LogP contribution in [0.4, 0.5) is 0 Å². The first-order valence-corrected chi connectivity index (χ1v) is 20.1. The second kappa shape index (κ2) is 20.0. The SMILES string of the molecule is O=C(C=Cc1ccccc1)[C](=Cc1ccccc1)[Pd]([C](=Cc1ccccc1)C(=O)C=Cc1ccccc1)[C](=Cc1ccccc1)C(=O)C=Cc1ccccc1. The zero-order valence-electron chi connectivity index (χ0n) is 30.1. The number of hydrogen-bond donors (Lipinski definition) is 0. The fraction of sp³-hybridized carbons (Fsp3) is 0. The molecule has 0 saturated heterocycles. The van der Waals surface area contributed by atoms with Gasteiger partial charge < -0.3 is 0 Å². The molecular formula is C51H39O3Pd. The van der Waals surface area contributed by atoms with Gasteiger partial charge in [-0.3, -0.25) is 0 Å². The van der Waals surface area contributed by atoms with Crippen molar-refractivity contribution in [2.75, 3.05) is 0 Å². The second-order valence-corrected chi connectivity index (χ2v) is 15.8. The van der Waals surface area contributed by atoms with Crippen LogP contribution in [0.1, 0.15) is 33.4 Å². The van der Waals surface area contributed by atoms with Crippen LogP contribution in [0.3, 0.4) is 0 Å². The molecule has 55 heavy (non-hydrogen) atoms. The standard InChI is InChI=1S/3C17H13O.Pd/c3*18-17(13-11-15-7-3-1-4-8-15)14-12-16-9-5-2-6-10-16;/h3*1-13H;. The van der Waals surface area contributed by atoms with Crippen molar-refractivity contribution in [2.24, 2.45) is 0 Å². The van der Waals surface area contributed by atoms with E-state index in [1.807, 2.05) is 200 Å². The fourth-order valence-corrected chi connectivity index (χ4v) is 9.69. The molecule has 0 unspecified atom stereocenters. The van der Waals surface area contributed by atoms with Gasteiger partial charge in [0.25, 0.3) is 0 Å². The first-order valence-electron chi connectivity index (χ1n) is 17.8. The summed E-state index contributed by atoms with van der Waals surface area (Å²) in [7, 11) is 0. The maximum absolute atomic E-state index is 14.8. The van der Waals surface area contributed by atoms with Crippen LogP contribution in [0.2, 0.25) is 0 Å². The predicted molar refractivity (Wildman–Crippen MR) is 225 cm³/mol. The van der Waals surface area contributed by atoms with Crippen LogP contribution in [0.15, 0.2) is 212 Å². The van der Waals surface area contributed by atoms with E-state index in [1.165, 1.54) is 0 Å². The molecule has 0 saturated carbocycles. The van der Waals surface area contributed by atoms with Gasteiger partial charge in [-0.15, -0.1) is 0 Å². The maximum atomic E-state index is 14.8. The molecule has 6 rings (SSSR count). The molecule has 6 aromatic carbocycles. The second-order valence-electron chi connectivity index (χ2n) is 12.2. The van der Waals surface area contributed by atoms with Crippen LogP contribution in [0.5, 0.6) is 0 Å². The Morgan fingerprint density at radius 1 is 0.291 bits per heavy atom. The molecule has 0 atom stereocenters. The van der Waals surface area contributed by atoms with Gasteiger partial charge >= 0.3 is 331 Å². The van der Waals surface area contributed by atoms with Crippen molar-refractivity contribution in [3.63, 3.8) is 0 Å². The molecule has 0 bridgehead atoms. The van der Waals surface area contributed by atoms with Gasteiger partial charge in [0.05, 0.1) is 0 Å². The first-order chi connectivity index (χ1) is 27.0. The van der Waals surface area contributed by atoms with Gasteiger partial charge in [-0.05, 0) is 0 Å². The van der Waals surface area contributed by atoms with Crippen molar-refractivity contribution >= 4 is 53.8 Å². The molecule has 0 aliphatic heterocycles. The zero-order valence-corrected chi connectivity index (χ0v) is 31.6. The number of rotatable bonds is 15. The molecule has 3 nitrogen and oxygen atoms in total. The third-order valence-electron chi connectivity index (χ3n) is 8.10. The van der Waals surface area contributed by atoms with Crippen LogP contribution in [-0.4, -0.2) is 17.3 Å². The Balaban J connectivity index is 1.63. The van der Waals surface area contributed by atoms with Gasteiger partial charge in [-0.2, -0.15) is 0 Å². The number of benzene rings is 6. The Morgan fingerprint density at radius 3 is 0.709 bits per heavy atom. The van der Waals surface area contributed by atoms with Crippen LogP contribution in [-0.2, 0) is 31.1 Å². The van der Waals surface area contributed by atoms with Crippen LogP contribution < -0.4 is 0 Å². The van der Waals surface area contributed by atoms with Crippen molar-refractivity contribution in [1.29, 1.82) is 0 Å². The minimum absolute atomic E-state index is 0.286. The third kappa shape index (κ3) is 11.5. The molecule has 0 spiro atoms. The van der Waals surface area contributed by atoms with Crippen LogP contribution in [0.25, 0.3) is 36.5 Å². The number of ketones is 3. The normalized spacial score (nSPS) is 12.7. The van der Waals surface area contributed by atoms with Gasteiger partial charge in [0.15, 0.2) is 0 Å². The van der Waals surface area contributed by atoms with E-state index in [0.29, 0.717) is 12.1 Å². The molecule has 0 aromatic heterocycles. The quantitative estimate of drug-likeness (QED) is 0.0767. The van der Waals surface area contributed by atoms with Crippen molar-refractivity contribution in [3.8, 4) is 0 Å². The summed E-state index contributed by atoms with van der Waals surface area (Å²) < 4.78 is 1.16. The number of carbonyl (C=O) groups is 3. The fourth-order valence-electron chi connectivity index (χ4n) is 5.35. The number of hydrogen-bond acceptors (Lipinski definition) is 3. The summed E-state index contributed by atoms with van der Waals surface area (Å²) in [5, 5.41) is 0. The van der Waals surface area contributed by atoms with Gasteiger partial charge in [-0.1, -0.05) is 0 Å². The first kappa shape index (κ1) is 38.2. The minimum atomic E-state index is -2.91. The summed E-state index contributed by atoms with van der Waals surface area (Å²) in [6, 6.07) is 57.5. The predicted octanol–water partition coefficient (Wildman–Crippen LogP) is 11.6. The number of carbonyl (C=O) groups excluding carboxylic acids is 3. The third-order valence-corrected chi connectivity index (χ3v) is 12.4. The van der Waals surface area contributed by atoms with Crippen molar-refractivity contribution in [2.45, 2.75) is 0 Å². The van der Waals surface area contributed by atoms with E-state index >= 15 is 0 Å². The summed E-state index contributed by atoms with van der Waals surface area (Å²) in [4.78, 5) is 44.5. The molecule has 0 radical (unpaired) electrons. The van der Waals surface area contributed by atoms with Crippen molar-refractivity contribution in [3.05, 3.63) is 246 Å². The van der Waals surface area contributed by atoms with Crippen molar-refractivity contribution < 1.29 is 31.1 Å². The molecule has 0 aliphatic rings. The Hall–Kier alpha value is -6.57. The van der Waals surface area contributed by atoms with Gasteiger partial charge in [0.1, 0.15) is 0 Å². The monoisotopic (exact) mass is 805 g/mol. The Labute approximate surface area is 329 Å². The summed E-state index contributed by atoms with van der Waals surface area (Å²) in [6.07, 6.45) is 15.5. The van der Waals surface area contributed by atoms with E-state index in [0.717, 1.165) is 33.4 Å². The number of allylic oxidation sites excluding steroid dienone is 6. The molecule has 6 aromatic rings.